The molecule has 1 aliphatic heterocycles. The van der Waals surface area contributed by atoms with E-state index in [1.54, 1.807) is 24.3 Å². The highest BCUT2D eigenvalue weighted by atomic mass is 16.5. The van der Waals surface area contributed by atoms with Gasteiger partial charge in [-0.15, -0.1) is 0 Å². The van der Waals surface area contributed by atoms with Crippen LogP contribution in [0.25, 0.3) is 5.76 Å². The van der Waals surface area contributed by atoms with Gasteiger partial charge in [-0.05, 0) is 71.8 Å². The third-order valence-corrected chi connectivity index (χ3v) is 6.60. The Kier molecular flexibility index (Phi) is 7.02. The highest BCUT2D eigenvalue weighted by molar-refractivity contribution is 6.51. The van der Waals surface area contributed by atoms with Crippen molar-refractivity contribution in [1.82, 2.24) is 0 Å². The Balaban J connectivity index is 1.86. The molecule has 1 fully saturated rings. The quantitative estimate of drug-likeness (QED) is 0.245. The first-order valence-corrected chi connectivity index (χ1v) is 12.4. The number of hydrogen-bond acceptors (Lipinski definition) is 4. The van der Waals surface area contributed by atoms with E-state index in [9.17, 15) is 14.7 Å². The second-order valence-electron chi connectivity index (χ2n) is 10.0. The molecule has 0 aliphatic carbocycles. The van der Waals surface area contributed by atoms with Crippen molar-refractivity contribution in [2.75, 3.05) is 11.5 Å². The molecule has 0 radical (unpaired) electrons. The number of ether oxygens (including phenoxy) is 1. The van der Waals surface area contributed by atoms with Crippen molar-refractivity contribution in [2.45, 2.75) is 52.5 Å². The predicted molar refractivity (Wildman–Crippen MR) is 143 cm³/mol. The fourth-order valence-corrected chi connectivity index (χ4v) is 4.50. The van der Waals surface area contributed by atoms with E-state index < -0.39 is 17.7 Å². The maximum absolute atomic E-state index is 13.4. The van der Waals surface area contributed by atoms with E-state index in [2.05, 4.69) is 27.7 Å². The Bertz CT molecular complexity index is 1280. The number of rotatable bonds is 6. The highest BCUT2D eigenvalue weighted by Gasteiger charge is 2.47. The number of aryl methyl sites for hydroxylation is 1. The Morgan fingerprint density at radius 3 is 2.03 bits per heavy atom. The van der Waals surface area contributed by atoms with Crippen molar-refractivity contribution in [3.63, 3.8) is 0 Å². The normalized spacial score (nSPS) is 17.5. The summed E-state index contributed by atoms with van der Waals surface area (Å²) in [6.07, 6.45) is 0.876. The Labute approximate surface area is 213 Å². The van der Waals surface area contributed by atoms with Gasteiger partial charge in [0.15, 0.2) is 0 Å². The summed E-state index contributed by atoms with van der Waals surface area (Å²) in [5.74, 6) is -0.892. The molecule has 1 aliphatic rings. The van der Waals surface area contributed by atoms with Crippen molar-refractivity contribution in [2.24, 2.45) is 0 Å². The SMILES string of the molecule is CCOc1ccc(/C(O)=C2\C(=O)C(=O)N(c3ccc(C(C)(C)C)cc3)C2c2ccc(CC)cc2)cc1. The van der Waals surface area contributed by atoms with Gasteiger partial charge in [-0.2, -0.15) is 0 Å². The summed E-state index contributed by atoms with van der Waals surface area (Å²) in [7, 11) is 0. The number of carbonyl (C=O) groups excluding carboxylic acids is 2. The van der Waals surface area contributed by atoms with Crippen LogP contribution < -0.4 is 9.64 Å². The third-order valence-electron chi connectivity index (χ3n) is 6.60. The standard InChI is InChI=1S/C31H33NO4/c1-6-20-8-10-21(11-9-20)27-26(28(33)22-12-18-25(19-13-22)36-7-2)29(34)30(35)32(27)24-16-14-23(15-17-24)31(3,4)5/h8-19,27,33H,6-7H2,1-5H3/b28-26+. The molecule has 36 heavy (non-hydrogen) atoms. The number of carbonyl (C=O) groups is 2. The van der Waals surface area contributed by atoms with Crippen molar-refractivity contribution in [3.8, 4) is 5.75 Å². The Hall–Kier alpha value is -3.86. The minimum absolute atomic E-state index is 0.0459. The van der Waals surface area contributed by atoms with E-state index in [1.165, 1.54) is 4.90 Å². The minimum atomic E-state index is -0.747. The van der Waals surface area contributed by atoms with Crippen molar-refractivity contribution in [3.05, 3.63) is 101 Å². The average Bonchev–Trinajstić information content (AvgIpc) is 3.14. The van der Waals surface area contributed by atoms with Crippen LogP contribution in [-0.4, -0.2) is 23.4 Å². The molecule has 1 N–H and O–H groups in total. The summed E-state index contributed by atoms with van der Waals surface area (Å²) in [6, 6.07) is 21.7. The summed E-state index contributed by atoms with van der Waals surface area (Å²) in [4.78, 5) is 28.3. The molecule has 0 bridgehead atoms. The molecule has 1 atom stereocenters. The molecule has 0 spiro atoms. The smallest absolute Gasteiger partial charge is 0.300 e. The van der Waals surface area contributed by atoms with Gasteiger partial charge in [0.25, 0.3) is 11.7 Å². The van der Waals surface area contributed by atoms with Crippen molar-refractivity contribution < 1.29 is 19.4 Å². The van der Waals surface area contributed by atoms with E-state index in [-0.39, 0.29) is 16.7 Å². The average molecular weight is 484 g/mol. The zero-order chi connectivity index (χ0) is 26.0. The van der Waals surface area contributed by atoms with Crippen LogP contribution in [0.1, 0.15) is 62.9 Å². The maximum Gasteiger partial charge on any atom is 0.300 e. The van der Waals surface area contributed by atoms with Gasteiger partial charge in [-0.25, -0.2) is 0 Å². The summed E-state index contributed by atoms with van der Waals surface area (Å²) in [5.41, 5.74) is 4.13. The van der Waals surface area contributed by atoms with Crippen molar-refractivity contribution >= 4 is 23.1 Å². The van der Waals surface area contributed by atoms with E-state index in [4.69, 9.17) is 4.74 Å². The molecule has 0 saturated carbocycles. The molecule has 1 saturated heterocycles. The number of nitrogens with zero attached hydrogens (tertiary/aromatic N) is 1. The topological polar surface area (TPSA) is 66.8 Å². The zero-order valence-corrected chi connectivity index (χ0v) is 21.5. The van der Waals surface area contributed by atoms with E-state index in [0.29, 0.717) is 23.6 Å². The summed E-state index contributed by atoms with van der Waals surface area (Å²) in [5, 5.41) is 11.3. The maximum atomic E-state index is 13.4. The third kappa shape index (κ3) is 4.78. The van der Waals surface area contributed by atoms with E-state index in [1.807, 2.05) is 55.5 Å². The van der Waals surface area contributed by atoms with Crippen LogP contribution in [0.5, 0.6) is 5.75 Å². The second kappa shape index (κ2) is 10.0. The molecule has 3 aromatic carbocycles. The first-order valence-electron chi connectivity index (χ1n) is 12.4. The molecular weight excluding hydrogens is 450 g/mol. The van der Waals surface area contributed by atoms with Crippen LogP contribution in [0.3, 0.4) is 0 Å². The number of ketones is 1. The van der Waals surface area contributed by atoms with Crippen LogP contribution in [0.2, 0.25) is 0 Å². The molecule has 5 nitrogen and oxygen atoms in total. The molecule has 3 aromatic rings. The zero-order valence-electron chi connectivity index (χ0n) is 21.5. The number of Topliss-reactive ketones (excluding diaryl/α,β-unsaturated/α-hetero) is 1. The summed E-state index contributed by atoms with van der Waals surface area (Å²) >= 11 is 0. The highest BCUT2D eigenvalue weighted by Crippen LogP contribution is 2.42. The number of anilines is 1. The molecule has 0 aromatic heterocycles. The number of amides is 1. The summed E-state index contributed by atoms with van der Waals surface area (Å²) in [6.45, 7) is 10.9. The Morgan fingerprint density at radius 1 is 0.889 bits per heavy atom. The monoisotopic (exact) mass is 483 g/mol. The van der Waals surface area contributed by atoms with Crippen LogP contribution in [0.4, 0.5) is 5.69 Å². The summed E-state index contributed by atoms with van der Waals surface area (Å²) < 4.78 is 5.50. The van der Waals surface area contributed by atoms with E-state index in [0.717, 1.165) is 23.1 Å². The lowest BCUT2D eigenvalue weighted by Crippen LogP contribution is -2.29. The number of hydrogen-bond donors (Lipinski definition) is 1. The predicted octanol–water partition coefficient (Wildman–Crippen LogP) is 6.57. The van der Waals surface area contributed by atoms with E-state index >= 15 is 0 Å². The lowest BCUT2D eigenvalue weighted by molar-refractivity contribution is -0.132. The lowest BCUT2D eigenvalue weighted by Gasteiger charge is -2.27. The number of aliphatic hydroxyl groups excluding tert-OH is 1. The van der Waals surface area contributed by atoms with Gasteiger partial charge in [-0.1, -0.05) is 64.1 Å². The Morgan fingerprint density at radius 2 is 1.50 bits per heavy atom. The van der Waals surface area contributed by atoms with Gasteiger partial charge >= 0.3 is 0 Å². The van der Waals surface area contributed by atoms with Gasteiger partial charge in [-0.3, -0.25) is 14.5 Å². The fourth-order valence-electron chi connectivity index (χ4n) is 4.50. The van der Waals surface area contributed by atoms with Crippen LogP contribution in [-0.2, 0) is 21.4 Å². The van der Waals surface area contributed by atoms with Gasteiger partial charge in [0.1, 0.15) is 11.5 Å². The first kappa shape index (κ1) is 25.2. The number of benzene rings is 3. The minimum Gasteiger partial charge on any atom is -0.507 e. The van der Waals surface area contributed by atoms with Crippen LogP contribution in [0, 0.1) is 0 Å². The van der Waals surface area contributed by atoms with Crippen LogP contribution in [0.15, 0.2) is 78.4 Å². The fraction of sp³-hybridized carbons (Fsp3) is 0.290. The van der Waals surface area contributed by atoms with Gasteiger partial charge in [0.05, 0.1) is 18.2 Å². The number of aliphatic hydroxyl groups is 1. The van der Waals surface area contributed by atoms with Gasteiger partial charge < -0.3 is 9.84 Å². The molecule has 186 valence electrons. The largest absolute Gasteiger partial charge is 0.507 e. The lowest BCUT2D eigenvalue weighted by atomic mass is 9.87. The molecule has 4 rings (SSSR count). The van der Waals surface area contributed by atoms with Gasteiger partial charge in [0, 0.05) is 11.3 Å². The molecule has 5 heteroatoms. The van der Waals surface area contributed by atoms with Gasteiger partial charge in [0.2, 0.25) is 0 Å². The van der Waals surface area contributed by atoms with Crippen LogP contribution >= 0.6 is 0 Å². The molecular formula is C31H33NO4. The first-order chi connectivity index (χ1) is 17.2. The molecule has 1 heterocycles. The second-order valence-corrected chi connectivity index (χ2v) is 10.0. The molecule has 1 unspecified atom stereocenters. The van der Waals surface area contributed by atoms with Crippen molar-refractivity contribution in [1.29, 1.82) is 0 Å². The molecule has 1 amide bonds.